The van der Waals surface area contributed by atoms with E-state index in [9.17, 15) is 4.79 Å². The summed E-state index contributed by atoms with van der Waals surface area (Å²) in [6.07, 6.45) is -0.390. The number of allylic oxidation sites excluding steroid dienone is 1. The maximum absolute atomic E-state index is 12.0. The van der Waals surface area contributed by atoms with Gasteiger partial charge in [0, 0.05) is 0 Å². The fourth-order valence-electron chi connectivity index (χ4n) is 1.95. The lowest BCUT2D eigenvalue weighted by molar-refractivity contribution is -0.870. The van der Waals surface area contributed by atoms with Crippen LogP contribution in [0.1, 0.15) is 31.9 Å². The molecule has 0 aliphatic carbocycles. The van der Waals surface area contributed by atoms with Gasteiger partial charge in [0.05, 0.1) is 26.7 Å². The first-order valence-corrected chi connectivity index (χ1v) is 7.53. The van der Waals surface area contributed by atoms with E-state index in [-0.39, 0.29) is 6.09 Å². The SMILES string of the molecule is C=C(C)c1cccc(C(C)(C)NC(=O)OCC[N+](C)(C)C)c1. The third kappa shape index (κ3) is 5.90. The normalized spacial score (nSPS) is 11.9. The van der Waals surface area contributed by atoms with Gasteiger partial charge < -0.3 is 14.5 Å². The average molecular weight is 305 g/mol. The van der Waals surface area contributed by atoms with Crippen LogP contribution in [0.2, 0.25) is 0 Å². The molecule has 0 heterocycles. The highest BCUT2D eigenvalue weighted by Gasteiger charge is 2.24. The lowest BCUT2D eigenvalue weighted by atomic mass is 9.92. The number of rotatable bonds is 6. The summed E-state index contributed by atoms with van der Waals surface area (Å²) in [4.78, 5) is 12.0. The molecule has 22 heavy (non-hydrogen) atoms. The van der Waals surface area contributed by atoms with E-state index < -0.39 is 5.54 Å². The highest BCUT2D eigenvalue weighted by Crippen LogP contribution is 2.23. The lowest BCUT2D eigenvalue weighted by Gasteiger charge is -2.28. The molecule has 0 fully saturated rings. The summed E-state index contributed by atoms with van der Waals surface area (Å²) in [6.45, 7) is 11.0. The Balaban J connectivity index is 2.68. The molecule has 122 valence electrons. The Hall–Kier alpha value is -1.81. The third-order valence-electron chi connectivity index (χ3n) is 3.49. The quantitative estimate of drug-likeness (QED) is 0.818. The molecule has 0 aliphatic heterocycles. The van der Waals surface area contributed by atoms with E-state index >= 15 is 0 Å². The van der Waals surface area contributed by atoms with Crippen molar-refractivity contribution in [1.29, 1.82) is 0 Å². The Morgan fingerprint density at radius 1 is 1.32 bits per heavy atom. The van der Waals surface area contributed by atoms with Crippen molar-refractivity contribution in [3.63, 3.8) is 0 Å². The molecule has 0 aromatic heterocycles. The fraction of sp³-hybridized carbons (Fsp3) is 0.500. The van der Waals surface area contributed by atoms with Gasteiger partial charge in [-0.25, -0.2) is 4.79 Å². The van der Waals surface area contributed by atoms with Gasteiger partial charge in [-0.3, -0.25) is 0 Å². The highest BCUT2D eigenvalue weighted by molar-refractivity contribution is 5.69. The molecular formula is C18H29N2O2+. The van der Waals surface area contributed by atoms with Gasteiger partial charge in [-0.2, -0.15) is 0 Å². The molecular weight excluding hydrogens is 276 g/mol. The Kier molecular flexibility index (Phi) is 5.78. The number of amides is 1. The molecule has 0 spiro atoms. The maximum Gasteiger partial charge on any atom is 0.408 e. The number of hydrogen-bond acceptors (Lipinski definition) is 2. The summed E-state index contributed by atoms with van der Waals surface area (Å²) in [5.41, 5.74) is 2.60. The number of nitrogens with one attached hydrogen (secondary N) is 1. The molecule has 1 aromatic carbocycles. The standard InChI is InChI=1S/C18H28N2O2/c1-14(2)15-9-8-10-16(13-15)18(3,4)19-17(21)22-12-11-20(5,6)7/h8-10,13H,1,11-12H2,2-7H3/p+1. The van der Waals surface area contributed by atoms with Gasteiger partial charge in [0.1, 0.15) is 13.2 Å². The Bertz CT molecular complexity index is 542. The van der Waals surface area contributed by atoms with Gasteiger partial charge in [0.2, 0.25) is 0 Å². The molecule has 0 bridgehead atoms. The summed E-state index contributed by atoms with van der Waals surface area (Å²) >= 11 is 0. The largest absolute Gasteiger partial charge is 0.444 e. The van der Waals surface area contributed by atoms with E-state index in [1.54, 1.807) is 0 Å². The second kappa shape index (κ2) is 6.97. The fourth-order valence-corrected chi connectivity index (χ4v) is 1.95. The van der Waals surface area contributed by atoms with Crippen molar-refractivity contribution >= 4 is 11.7 Å². The van der Waals surface area contributed by atoms with Crippen LogP contribution in [0.3, 0.4) is 0 Å². The number of carbonyl (C=O) groups excluding carboxylic acids is 1. The molecule has 1 N–H and O–H groups in total. The Morgan fingerprint density at radius 3 is 2.50 bits per heavy atom. The number of carbonyl (C=O) groups is 1. The first kappa shape index (κ1) is 18.2. The number of hydrogen-bond donors (Lipinski definition) is 1. The van der Waals surface area contributed by atoms with E-state index in [4.69, 9.17) is 4.74 Å². The van der Waals surface area contributed by atoms with E-state index in [0.29, 0.717) is 6.61 Å². The van der Waals surface area contributed by atoms with Crippen LogP contribution in [0.15, 0.2) is 30.8 Å². The molecule has 0 atom stereocenters. The van der Waals surface area contributed by atoms with Crippen molar-refractivity contribution in [2.24, 2.45) is 0 Å². The molecule has 1 amide bonds. The number of likely N-dealkylation sites (N-methyl/N-ethyl adjacent to an activating group) is 1. The molecule has 0 saturated heterocycles. The molecule has 0 unspecified atom stereocenters. The number of ether oxygens (including phenoxy) is 1. The van der Waals surface area contributed by atoms with Gasteiger partial charge in [-0.1, -0.05) is 30.4 Å². The van der Waals surface area contributed by atoms with Gasteiger partial charge in [0.15, 0.2) is 0 Å². The van der Waals surface area contributed by atoms with E-state index in [0.717, 1.165) is 27.7 Å². The van der Waals surface area contributed by atoms with Gasteiger partial charge >= 0.3 is 6.09 Å². The van der Waals surface area contributed by atoms with Crippen LogP contribution < -0.4 is 5.32 Å². The van der Waals surface area contributed by atoms with Gasteiger partial charge in [-0.15, -0.1) is 0 Å². The van der Waals surface area contributed by atoms with Crippen LogP contribution in [0.4, 0.5) is 4.79 Å². The Labute approximate surface area is 134 Å². The van der Waals surface area contributed by atoms with Crippen molar-refractivity contribution in [1.82, 2.24) is 5.32 Å². The molecule has 0 radical (unpaired) electrons. The van der Waals surface area contributed by atoms with Gasteiger partial charge in [-0.05, 0) is 38.0 Å². The van der Waals surface area contributed by atoms with Crippen LogP contribution in [0.5, 0.6) is 0 Å². The molecule has 1 rings (SSSR count). The highest BCUT2D eigenvalue weighted by atomic mass is 16.5. The van der Waals surface area contributed by atoms with Gasteiger partial charge in [0.25, 0.3) is 0 Å². The zero-order valence-corrected chi connectivity index (χ0v) is 14.7. The minimum Gasteiger partial charge on any atom is -0.444 e. The smallest absolute Gasteiger partial charge is 0.408 e. The van der Waals surface area contributed by atoms with Crippen LogP contribution >= 0.6 is 0 Å². The second-order valence-electron chi connectivity index (χ2n) is 7.26. The minimum absolute atomic E-state index is 0.390. The third-order valence-corrected chi connectivity index (χ3v) is 3.49. The number of quaternary nitrogens is 1. The maximum atomic E-state index is 12.0. The minimum atomic E-state index is -0.501. The number of nitrogens with zero attached hydrogens (tertiary/aromatic N) is 1. The summed E-state index contributed by atoms with van der Waals surface area (Å²) in [6, 6.07) is 8.04. The summed E-state index contributed by atoms with van der Waals surface area (Å²) in [5.74, 6) is 0. The molecule has 4 nitrogen and oxygen atoms in total. The zero-order chi connectivity index (χ0) is 17.0. The average Bonchev–Trinajstić information content (AvgIpc) is 2.36. The van der Waals surface area contributed by atoms with Crippen molar-refractivity contribution in [2.45, 2.75) is 26.3 Å². The van der Waals surface area contributed by atoms with E-state index in [1.807, 2.05) is 39.0 Å². The lowest BCUT2D eigenvalue weighted by Crippen LogP contribution is -2.43. The van der Waals surface area contributed by atoms with Crippen LogP contribution in [0, 0.1) is 0 Å². The van der Waals surface area contributed by atoms with Crippen molar-refractivity contribution in [3.05, 3.63) is 42.0 Å². The topological polar surface area (TPSA) is 38.3 Å². The molecule has 1 aromatic rings. The second-order valence-corrected chi connectivity index (χ2v) is 7.26. The zero-order valence-electron chi connectivity index (χ0n) is 14.7. The first-order chi connectivity index (χ1) is 10.0. The molecule has 4 heteroatoms. The first-order valence-electron chi connectivity index (χ1n) is 7.53. The van der Waals surface area contributed by atoms with Crippen molar-refractivity contribution < 1.29 is 14.0 Å². The van der Waals surface area contributed by atoms with Crippen LogP contribution in [-0.2, 0) is 10.3 Å². The predicted molar refractivity (Wildman–Crippen MR) is 91.6 cm³/mol. The summed E-state index contributed by atoms with van der Waals surface area (Å²) < 4.78 is 6.03. The van der Waals surface area contributed by atoms with Crippen LogP contribution in [0.25, 0.3) is 5.57 Å². The molecule has 0 saturated carbocycles. The molecule has 0 aliphatic rings. The van der Waals surface area contributed by atoms with E-state index in [1.165, 1.54) is 0 Å². The van der Waals surface area contributed by atoms with Crippen LogP contribution in [-0.4, -0.2) is 44.9 Å². The number of alkyl carbamates (subject to hydrolysis) is 1. The summed E-state index contributed by atoms with van der Waals surface area (Å²) in [5, 5.41) is 2.93. The van der Waals surface area contributed by atoms with Crippen molar-refractivity contribution in [3.8, 4) is 0 Å². The van der Waals surface area contributed by atoms with E-state index in [2.05, 4.69) is 39.1 Å². The number of benzene rings is 1. The monoisotopic (exact) mass is 305 g/mol. The summed E-state index contributed by atoms with van der Waals surface area (Å²) in [7, 11) is 6.19. The predicted octanol–water partition coefficient (Wildman–Crippen LogP) is 3.39. The Morgan fingerprint density at radius 2 is 1.95 bits per heavy atom. The van der Waals surface area contributed by atoms with Crippen molar-refractivity contribution in [2.75, 3.05) is 34.3 Å².